The second-order valence-electron chi connectivity index (χ2n) is 6.30. The molecule has 1 fully saturated rings. The molecule has 5 nitrogen and oxygen atoms in total. The number of amides is 1. The number of aromatic nitrogens is 3. The van der Waals surface area contributed by atoms with Crippen LogP contribution in [0.1, 0.15) is 36.5 Å². The first kappa shape index (κ1) is 14.4. The Balaban J connectivity index is 1.44. The van der Waals surface area contributed by atoms with Crippen molar-refractivity contribution in [1.29, 1.82) is 0 Å². The quantitative estimate of drug-likeness (QED) is 0.872. The van der Waals surface area contributed by atoms with Crippen LogP contribution in [-0.4, -0.2) is 32.1 Å². The molecule has 1 aromatic heterocycles. The average Bonchev–Trinajstić information content (AvgIpc) is 3.26. The average molecular weight is 314 g/mol. The smallest absolute Gasteiger partial charge is 0.226 e. The molecule has 4 rings (SSSR count). The van der Waals surface area contributed by atoms with Crippen LogP contribution in [-0.2, 0) is 24.3 Å². The molecule has 1 aliphatic heterocycles. The lowest BCUT2D eigenvalue weighted by atomic mass is 10.1. The summed E-state index contributed by atoms with van der Waals surface area (Å²) in [6.07, 6.45) is 1.71. The van der Waals surface area contributed by atoms with E-state index in [1.54, 1.807) is 12.1 Å². The van der Waals surface area contributed by atoms with Crippen molar-refractivity contribution in [3.63, 3.8) is 0 Å². The van der Waals surface area contributed by atoms with Crippen molar-refractivity contribution >= 4 is 5.91 Å². The van der Waals surface area contributed by atoms with Crippen molar-refractivity contribution in [3.05, 3.63) is 47.3 Å². The number of hydrogen-bond donors (Lipinski definition) is 0. The first-order valence-electron chi connectivity index (χ1n) is 8.12. The summed E-state index contributed by atoms with van der Waals surface area (Å²) in [5, 5.41) is 8.39. The van der Waals surface area contributed by atoms with Gasteiger partial charge in [-0.2, -0.15) is 0 Å². The minimum atomic E-state index is -0.237. The number of carbonyl (C=O) groups excluding carboxylic acids is 1. The number of fused-ring (bicyclic) bond motifs is 1. The molecule has 1 saturated carbocycles. The molecule has 2 aromatic rings. The number of benzene rings is 1. The highest BCUT2D eigenvalue weighted by Gasteiger charge is 2.46. The van der Waals surface area contributed by atoms with Crippen LogP contribution in [0.4, 0.5) is 4.39 Å². The van der Waals surface area contributed by atoms with Crippen LogP contribution in [0.25, 0.3) is 0 Å². The third kappa shape index (κ3) is 2.52. The zero-order valence-electron chi connectivity index (χ0n) is 13.1. The summed E-state index contributed by atoms with van der Waals surface area (Å²) in [4.78, 5) is 14.6. The first-order chi connectivity index (χ1) is 11.2. The SMILES string of the molecule is CCc1nnc2n1CCN(C(=O)C1CC1c1ccc(F)cc1)C2. The molecule has 0 saturated heterocycles. The molecule has 6 heteroatoms. The zero-order chi connectivity index (χ0) is 16.0. The van der Waals surface area contributed by atoms with Gasteiger partial charge in [-0.15, -0.1) is 10.2 Å². The molecule has 2 aliphatic rings. The van der Waals surface area contributed by atoms with Crippen LogP contribution < -0.4 is 0 Å². The van der Waals surface area contributed by atoms with Gasteiger partial charge in [0.2, 0.25) is 5.91 Å². The van der Waals surface area contributed by atoms with Gasteiger partial charge >= 0.3 is 0 Å². The Bertz CT molecular complexity index is 740. The molecule has 0 bridgehead atoms. The van der Waals surface area contributed by atoms with Gasteiger partial charge < -0.3 is 9.47 Å². The van der Waals surface area contributed by atoms with Crippen LogP contribution in [0.2, 0.25) is 0 Å². The molecule has 0 spiro atoms. The van der Waals surface area contributed by atoms with E-state index in [-0.39, 0.29) is 23.6 Å². The maximum absolute atomic E-state index is 13.0. The predicted molar refractivity (Wildman–Crippen MR) is 82.1 cm³/mol. The van der Waals surface area contributed by atoms with Gasteiger partial charge in [0, 0.05) is 25.4 Å². The second-order valence-corrected chi connectivity index (χ2v) is 6.30. The highest BCUT2D eigenvalue weighted by atomic mass is 19.1. The lowest BCUT2D eigenvalue weighted by molar-refractivity contribution is -0.134. The van der Waals surface area contributed by atoms with Crippen LogP contribution in [0, 0.1) is 11.7 Å². The lowest BCUT2D eigenvalue weighted by Gasteiger charge is -2.28. The van der Waals surface area contributed by atoms with E-state index in [9.17, 15) is 9.18 Å². The maximum atomic E-state index is 13.0. The molecule has 1 amide bonds. The summed E-state index contributed by atoms with van der Waals surface area (Å²) >= 11 is 0. The molecule has 120 valence electrons. The fraction of sp³-hybridized carbons (Fsp3) is 0.471. The maximum Gasteiger partial charge on any atom is 0.226 e. The van der Waals surface area contributed by atoms with E-state index in [0.717, 1.165) is 36.6 Å². The minimum Gasteiger partial charge on any atom is -0.333 e. The number of carbonyl (C=O) groups is 1. The molecule has 1 aliphatic carbocycles. The third-order valence-electron chi connectivity index (χ3n) is 4.86. The molecular weight excluding hydrogens is 295 g/mol. The number of rotatable bonds is 3. The monoisotopic (exact) mass is 314 g/mol. The van der Waals surface area contributed by atoms with Crippen molar-refractivity contribution in [3.8, 4) is 0 Å². The summed E-state index contributed by atoms with van der Waals surface area (Å²) in [6.45, 7) is 4.08. The summed E-state index contributed by atoms with van der Waals surface area (Å²) in [5.74, 6) is 2.07. The molecule has 2 heterocycles. The van der Waals surface area contributed by atoms with Crippen molar-refractivity contribution in [2.24, 2.45) is 5.92 Å². The van der Waals surface area contributed by atoms with E-state index in [2.05, 4.69) is 21.7 Å². The third-order valence-corrected chi connectivity index (χ3v) is 4.86. The number of halogens is 1. The highest BCUT2D eigenvalue weighted by Crippen LogP contribution is 2.48. The van der Waals surface area contributed by atoms with Crippen molar-refractivity contribution in [2.45, 2.75) is 38.8 Å². The second kappa shape index (κ2) is 5.44. The summed E-state index contributed by atoms with van der Waals surface area (Å²) in [5.41, 5.74) is 1.05. The molecule has 23 heavy (non-hydrogen) atoms. The van der Waals surface area contributed by atoms with E-state index >= 15 is 0 Å². The van der Waals surface area contributed by atoms with Crippen molar-refractivity contribution < 1.29 is 9.18 Å². The van der Waals surface area contributed by atoms with Gasteiger partial charge in [-0.05, 0) is 30.0 Å². The van der Waals surface area contributed by atoms with Gasteiger partial charge in [-0.3, -0.25) is 4.79 Å². The van der Waals surface area contributed by atoms with E-state index in [0.29, 0.717) is 13.1 Å². The van der Waals surface area contributed by atoms with Gasteiger partial charge in [-0.25, -0.2) is 4.39 Å². The standard InChI is InChI=1S/C17H19FN4O/c1-2-15-19-20-16-10-21(7-8-22(15)16)17(23)14-9-13(14)11-3-5-12(18)6-4-11/h3-6,13-14H,2,7-10H2,1H3. The van der Waals surface area contributed by atoms with Crippen LogP contribution in [0.15, 0.2) is 24.3 Å². The fourth-order valence-electron chi connectivity index (χ4n) is 3.45. The normalized spacial score (nSPS) is 22.8. The number of hydrogen-bond acceptors (Lipinski definition) is 3. The Labute approximate surface area is 134 Å². The number of nitrogens with zero attached hydrogens (tertiary/aromatic N) is 4. The van der Waals surface area contributed by atoms with Gasteiger partial charge in [0.25, 0.3) is 0 Å². The molecular formula is C17H19FN4O. The lowest BCUT2D eigenvalue weighted by Crippen LogP contribution is -2.39. The topological polar surface area (TPSA) is 51.0 Å². The molecule has 0 N–H and O–H groups in total. The van der Waals surface area contributed by atoms with Gasteiger partial charge in [0.05, 0.1) is 6.54 Å². The van der Waals surface area contributed by atoms with Crippen molar-refractivity contribution in [1.82, 2.24) is 19.7 Å². The Morgan fingerprint density at radius 2 is 2.04 bits per heavy atom. The summed E-state index contributed by atoms with van der Waals surface area (Å²) in [6, 6.07) is 6.50. The minimum absolute atomic E-state index is 0.0283. The first-order valence-corrected chi connectivity index (χ1v) is 8.12. The molecule has 2 unspecified atom stereocenters. The van der Waals surface area contributed by atoms with E-state index in [1.165, 1.54) is 12.1 Å². The van der Waals surface area contributed by atoms with Gasteiger partial charge in [-0.1, -0.05) is 19.1 Å². The number of aryl methyl sites for hydroxylation is 1. The molecule has 2 atom stereocenters. The van der Waals surface area contributed by atoms with Crippen LogP contribution in [0.3, 0.4) is 0 Å². The Morgan fingerprint density at radius 1 is 1.26 bits per heavy atom. The van der Waals surface area contributed by atoms with Crippen LogP contribution >= 0.6 is 0 Å². The van der Waals surface area contributed by atoms with E-state index in [4.69, 9.17) is 0 Å². The molecule has 1 aromatic carbocycles. The van der Waals surface area contributed by atoms with Crippen LogP contribution in [0.5, 0.6) is 0 Å². The Hall–Kier alpha value is -2.24. The highest BCUT2D eigenvalue weighted by molar-refractivity contribution is 5.83. The van der Waals surface area contributed by atoms with Crippen molar-refractivity contribution in [2.75, 3.05) is 6.54 Å². The van der Waals surface area contributed by atoms with Gasteiger partial charge in [0.1, 0.15) is 11.6 Å². The summed E-state index contributed by atoms with van der Waals surface area (Å²) < 4.78 is 15.1. The fourth-order valence-corrected chi connectivity index (χ4v) is 3.45. The van der Waals surface area contributed by atoms with E-state index < -0.39 is 0 Å². The van der Waals surface area contributed by atoms with Gasteiger partial charge in [0.15, 0.2) is 5.82 Å². The predicted octanol–water partition coefficient (Wildman–Crippen LogP) is 2.13. The Kier molecular flexibility index (Phi) is 3.39. The largest absolute Gasteiger partial charge is 0.333 e. The zero-order valence-corrected chi connectivity index (χ0v) is 13.1. The molecule has 0 radical (unpaired) electrons. The Morgan fingerprint density at radius 3 is 2.78 bits per heavy atom. The van der Waals surface area contributed by atoms with E-state index in [1.807, 2.05) is 4.90 Å². The summed E-state index contributed by atoms with van der Waals surface area (Å²) in [7, 11) is 0.